The number of amides is 2. The van der Waals surface area contributed by atoms with Gasteiger partial charge in [0.05, 0.1) is 0 Å². The number of nitrogens with one attached hydrogen (secondary N) is 1. The highest BCUT2D eigenvalue weighted by Crippen LogP contribution is 2.12. The number of rotatable bonds is 7. The largest absolute Gasteiger partial charge is 0.385 e. The van der Waals surface area contributed by atoms with Crippen LogP contribution in [0, 0.1) is 5.92 Å². The maximum Gasteiger partial charge on any atom is 0.222 e. The fourth-order valence-electron chi connectivity index (χ4n) is 2.07. The maximum absolute atomic E-state index is 11.8. The van der Waals surface area contributed by atoms with Crippen LogP contribution in [-0.2, 0) is 14.3 Å². The fourth-order valence-corrected chi connectivity index (χ4v) is 2.07. The molecule has 23 heavy (non-hydrogen) atoms. The lowest BCUT2D eigenvalue weighted by molar-refractivity contribution is -0.132. The number of carbonyl (C=O) groups is 2. The molecule has 0 aromatic heterocycles. The van der Waals surface area contributed by atoms with E-state index in [2.05, 4.69) is 26.1 Å². The van der Waals surface area contributed by atoms with E-state index in [4.69, 9.17) is 4.74 Å². The summed E-state index contributed by atoms with van der Waals surface area (Å²) in [5.74, 6) is 1.06. The van der Waals surface area contributed by atoms with Crippen molar-refractivity contribution in [1.82, 2.24) is 10.2 Å². The molecule has 5 nitrogen and oxygen atoms in total. The molecule has 1 rings (SSSR count). The van der Waals surface area contributed by atoms with E-state index in [1.165, 1.54) is 0 Å². The summed E-state index contributed by atoms with van der Waals surface area (Å²) in [6.45, 7) is 12.7. The third-order valence-electron chi connectivity index (χ3n) is 3.14. The number of piperidine rings is 1. The van der Waals surface area contributed by atoms with Crippen molar-refractivity contribution in [3.8, 4) is 0 Å². The molecule has 1 aliphatic rings. The molecule has 0 unspecified atom stereocenters. The highest BCUT2D eigenvalue weighted by Gasteiger charge is 2.21. The lowest BCUT2D eigenvalue weighted by atomic mass is 10.0. The second-order valence-corrected chi connectivity index (χ2v) is 6.12. The Kier molecular flexibility index (Phi) is 18.1. The Morgan fingerprint density at radius 1 is 1.22 bits per heavy atom. The molecular formula is C18H38N2O3. The SMILES string of the molecule is CC.CC(C)C.COCCCCC(=O)N1CCC(NC=O)CC1. The summed E-state index contributed by atoms with van der Waals surface area (Å²) in [6.07, 6.45) is 4.90. The molecule has 0 aromatic rings. The van der Waals surface area contributed by atoms with Gasteiger partial charge < -0.3 is 15.0 Å². The first kappa shape index (κ1) is 24.2. The first-order valence-corrected chi connectivity index (χ1v) is 8.97. The molecule has 138 valence electrons. The van der Waals surface area contributed by atoms with Gasteiger partial charge in [0.15, 0.2) is 0 Å². The summed E-state index contributed by atoms with van der Waals surface area (Å²) in [7, 11) is 1.67. The van der Waals surface area contributed by atoms with Crippen molar-refractivity contribution >= 4 is 12.3 Å². The molecule has 2 amide bonds. The number of unbranched alkanes of at least 4 members (excludes halogenated alkanes) is 1. The number of hydrogen-bond donors (Lipinski definition) is 1. The van der Waals surface area contributed by atoms with Gasteiger partial charge in [-0.1, -0.05) is 34.6 Å². The van der Waals surface area contributed by atoms with Crippen LogP contribution >= 0.6 is 0 Å². The Labute approximate surface area is 143 Å². The van der Waals surface area contributed by atoms with Gasteiger partial charge in [0.1, 0.15) is 0 Å². The number of hydrogen-bond acceptors (Lipinski definition) is 3. The van der Waals surface area contributed by atoms with Gasteiger partial charge in [-0.2, -0.15) is 0 Å². The van der Waals surface area contributed by atoms with Gasteiger partial charge in [0.2, 0.25) is 12.3 Å². The van der Waals surface area contributed by atoms with E-state index in [0.29, 0.717) is 6.42 Å². The van der Waals surface area contributed by atoms with E-state index in [1.807, 2.05) is 18.7 Å². The Morgan fingerprint density at radius 2 is 1.74 bits per heavy atom. The number of ether oxygens (including phenoxy) is 1. The van der Waals surface area contributed by atoms with Crippen LogP contribution < -0.4 is 5.32 Å². The average Bonchev–Trinajstić information content (AvgIpc) is 2.54. The predicted octanol–water partition coefficient (Wildman–Crippen LogP) is 3.23. The molecule has 0 atom stereocenters. The molecule has 1 N–H and O–H groups in total. The van der Waals surface area contributed by atoms with Crippen LogP contribution in [-0.4, -0.2) is 50.1 Å². The minimum Gasteiger partial charge on any atom is -0.385 e. The summed E-state index contributed by atoms with van der Waals surface area (Å²) < 4.78 is 4.94. The predicted molar refractivity (Wildman–Crippen MR) is 96.4 cm³/mol. The first-order chi connectivity index (χ1) is 11.0. The quantitative estimate of drug-likeness (QED) is 0.576. The van der Waals surface area contributed by atoms with E-state index in [0.717, 1.165) is 57.7 Å². The molecule has 0 radical (unpaired) electrons. The number of methoxy groups -OCH3 is 1. The molecule has 0 spiro atoms. The normalized spacial score (nSPS) is 14.3. The molecule has 1 fully saturated rings. The Balaban J connectivity index is 0. The van der Waals surface area contributed by atoms with Crippen LogP contribution in [0.25, 0.3) is 0 Å². The molecule has 0 saturated carbocycles. The Morgan fingerprint density at radius 3 is 2.17 bits per heavy atom. The molecule has 0 aromatic carbocycles. The minimum atomic E-state index is 0.227. The third kappa shape index (κ3) is 15.6. The average molecular weight is 331 g/mol. The van der Waals surface area contributed by atoms with Crippen LogP contribution in [0.4, 0.5) is 0 Å². The number of carbonyl (C=O) groups excluding carboxylic acids is 2. The van der Waals surface area contributed by atoms with E-state index < -0.39 is 0 Å². The molecule has 1 aliphatic heterocycles. The molecule has 5 heteroatoms. The van der Waals surface area contributed by atoms with Gasteiger partial charge in [-0.05, 0) is 31.6 Å². The second kappa shape index (κ2) is 17.3. The summed E-state index contributed by atoms with van der Waals surface area (Å²) in [4.78, 5) is 24.0. The smallest absolute Gasteiger partial charge is 0.222 e. The molecule has 0 aliphatic carbocycles. The molecule has 1 saturated heterocycles. The van der Waals surface area contributed by atoms with Crippen LogP contribution in [0.2, 0.25) is 0 Å². The number of likely N-dealkylation sites (tertiary alicyclic amines) is 1. The molecule has 0 bridgehead atoms. The minimum absolute atomic E-state index is 0.227. The topological polar surface area (TPSA) is 58.6 Å². The van der Waals surface area contributed by atoms with E-state index in [9.17, 15) is 9.59 Å². The van der Waals surface area contributed by atoms with E-state index in [-0.39, 0.29) is 11.9 Å². The van der Waals surface area contributed by atoms with E-state index >= 15 is 0 Å². The van der Waals surface area contributed by atoms with Gasteiger partial charge in [-0.15, -0.1) is 0 Å². The summed E-state index contributed by atoms with van der Waals surface area (Å²) in [5.41, 5.74) is 0. The van der Waals surface area contributed by atoms with Gasteiger partial charge in [0, 0.05) is 39.3 Å². The summed E-state index contributed by atoms with van der Waals surface area (Å²) in [6, 6.07) is 0.241. The van der Waals surface area contributed by atoms with Gasteiger partial charge in [-0.3, -0.25) is 9.59 Å². The summed E-state index contributed by atoms with van der Waals surface area (Å²) in [5, 5.41) is 2.77. The molecule has 1 heterocycles. The van der Waals surface area contributed by atoms with Gasteiger partial charge in [-0.25, -0.2) is 0 Å². The Hall–Kier alpha value is -1.10. The van der Waals surface area contributed by atoms with Crippen molar-refractivity contribution in [3.05, 3.63) is 0 Å². The van der Waals surface area contributed by atoms with Crippen LogP contribution in [0.1, 0.15) is 66.7 Å². The standard InChI is InChI=1S/C12H22N2O3.C4H10.C2H6/c1-17-9-3-2-4-12(16)14-7-5-11(6-8-14)13-10-15;1-4(2)3;1-2/h10-11H,2-9H2,1H3,(H,13,15);4H,1-3H3;1-2H3. The van der Waals surface area contributed by atoms with Crippen molar-refractivity contribution in [2.75, 3.05) is 26.8 Å². The monoisotopic (exact) mass is 330 g/mol. The Bertz CT molecular complexity index is 273. The zero-order valence-corrected chi connectivity index (χ0v) is 16.1. The highest BCUT2D eigenvalue weighted by molar-refractivity contribution is 5.76. The molecular weight excluding hydrogens is 292 g/mol. The van der Waals surface area contributed by atoms with Crippen LogP contribution in [0.3, 0.4) is 0 Å². The second-order valence-electron chi connectivity index (χ2n) is 6.12. The van der Waals surface area contributed by atoms with Crippen molar-refractivity contribution in [3.63, 3.8) is 0 Å². The number of nitrogens with zero attached hydrogens (tertiary/aromatic N) is 1. The zero-order valence-electron chi connectivity index (χ0n) is 16.1. The van der Waals surface area contributed by atoms with Crippen molar-refractivity contribution in [1.29, 1.82) is 0 Å². The first-order valence-electron chi connectivity index (χ1n) is 8.97. The lowest BCUT2D eigenvalue weighted by Crippen LogP contribution is -2.44. The lowest BCUT2D eigenvalue weighted by Gasteiger charge is -2.31. The van der Waals surface area contributed by atoms with Crippen molar-refractivity contribution in [2.24, 2.45) is 5.92 Å². The summed E-state index contributed by atoms with van der Waals surface area (Å²) >= 11 is 0. The van der Waals surface area contributed by atoms with Crippen molar-refractivity contribution in [2.45, 2.75) is 72.8 Å². The van der Waals surface area contributed by atoms with Gasteiger partial charge >= 0.3 is 0 Å². The van der Waals surface area contributed by atoms with Gasteiger partial charge in [0.25, 0.3) is 0 Å². The highest BCUT2D eigenvalue weighted by atomic mass is 16.5. The zero-order chi connectivity index (χ0) is 18.1. The van der Waals surface area contributed by atoms with Crippen molar-refractivity contribution < 1.29 is 14.3 Å². The van der Waals surface area contributed by atoms with Crippen LogP contribution in [0.15, 0.2) is 0 Å². The van der Waals surface area contributed by atoms with E-state index in [1.54, 1.807) is 7.11 Å². The third-order valence-corrected chi connectivity index (χ3v) is 3.14. The fraction of sp³-hybridized carbons (Fsp3) is 0.889. The van der Waals surface area contributed by atoms with Crippen LogP contribution in [0.5, 0.6) is 0 Å². The maximum atomic E-state index is 11.8.